The van der Waals surface area contributed by atoms with E-state index >= 15 is 0 Å². The van der Waals surface area contributed by atoms with E-state index < -0.39 is 0 Å². The number of amides is 1. The molecule has 1 amide bonds. The summed E-state index contributed by atoms with van der Waals surface area (Å²) in [6.45, 7) is 3.24. The van der Waals surface area contributed by atoms with Crippen molar-refractivity contribution in [3.63, 3.8) is 0 Å². The number of benzene rings is 2. The van der Waals surface area contributed by atoms with E-state index in [1.807, 2.05) is 55.5 Å². The number of morpholine rings is 1. The summed E-state index contributed by atoms with van der Waals surface area (Å²) in [5.41, 5.74) is 0.781. The molecule has 25 heavy (non-hydrogen) atoms. The lowest BCUT2D eigenvalue weighted by Crippen LogP contribution is -2.53. The maximum atomic E-state index is 12.3. The number of carbonyl (C=O) groups is 1. The van der Waals surface area contributed by atoms with Gasteiger partial charge in [0.15, 0.2) is 0 Å². The number of ether oxygens (including phenoxy) is 2. The van der Waals surface area contributed by atoms with Gasteiger partial charge < -0.3 is 20.1 Å². The third kappa shape index (κ3) is 4.75. The molecule has 0 bridgehead atoms. The first-order valence-electron chi connectivity index (χ1n) is 8.23. The van der Waals surface area contributed by atoms with Gasteiger partial charge in [-0.05, 0) is 55.5 Å². The van der Waals surface area contributed by atoms with E-state index in [0.717, 1.165) is 21.2 Å². The molecule has 0 saturated carbocycles. The van der Waals surface area contributed by atoms with Crippen LogP contribution in [-0.4, -0.2) is 38.3 Å². The SMILES string of the molecule is COc1ccc(Sc2ccc(NC(=O)[C@H]3NCCO[C@@H]3C)cc2)cc1. The predicted octanol–water partition coefficient (Wildman–Crippen LogP) is 3.16. The second-order valence-corrected chi connectivity index (χ2v) is 6.95. The van der Waals surface area contributed by atoms with Gasteiger partial charge in [-0.3, -0.25) is 4.79 Å². The lowest BCUT2D eigenvalue weighted by atomic mass is 10.1. The molecule has 2 aromatic rings. The first-order valence-corrected chi connectivity index (χ1v) is 9.05. The molecule has 1 saturated heterocycles. The maximum Gasteiger partial charge on any atom is 0.244 e. The smallest absolute Gasteiger partial charge is 0.244 e. The largest absolute Gasteiger partial charge is 0.497 e. The molecule has 0 radical (unpaired) electrons. The Bertz CT molecular complexity index is 704. The van der Waals surface area contributed by atoms with Crippen LogP contribution < -0.4 is 15.4 Å². The molecule has 1 fully saturated rings. The second kappa shape index (κ2) is 8.38. The lowest BCUT2D eigenvalue weighted by Gasteiger charge is -2.29. The van der Waals surface area contributed by atoms with Crippen molar-refractivity contribution < 1.29 is 14.3 Å². The Labute approximate surface area is 152 Å². The predicted molar refractivity (Wildman–Crippen MR) is 99.4 cm³/mol. The van der Waals surface area contributed by atoms with E-state index in [4.69, 9.17) is 9.47 Å². The zero-order valence-electron chi connectivity index (χ0n) is 14.3. The Kier molecular flexibility index (Phi) is 5.96. The molecule has 0 spiro atoms. The first kappa shape index (κ1) is 17.8. The Morgan fingerprint density at radius 1 is 1.16 bits per heavy atom. The van der Waals surface area contributed by atoms with Crippen molar-refractivity contribution in [2.45, 2.75) is 28.9 Å². The molecule has 0 aliphatic carbocycles. The van der Waals surface area contributed by atoms with Gasteiger partial charge in [-0.15, -0.1) is 0 Å². The number of rotatable bonds is 5. The monoisotopic (exact) mass is 358 g/mol. The van der Waals surface area contributed by atoms with Gasteiger partial charge >= 0.3 is 0 Å². The van der Waals surface area contributed by atoms with Crippen LogP contribution in [0.2, 0.25) is 0 Å². The van der Waals surface area contributed by atoms with E-state index in [1.54, 1.807) is 18.9 Å². The minimum atomic E-state index is -0.317. The molecule has 0 aromatic heterocycles. The van der Waals surface area contributed by atoms with Crippen LogP contribution in [0.15, 0.2) is 58.3 Å². The van der Waals surface area contributed by atoms with Crippen molar-refractivity contribution in [3.05, 3.63) is 48.5 Å². The van der Waals surface area contributed by atoms with Crippen molar-refractivity contribution >= 4 is 23.4 Å². The number of methoxy groups -OCH3 is 1. The minimum absolute atomic E-state index is 0.0669. The van der Waals surface area contributed by atoms with Crippen molar-refractivity contribution in [1.29, 1.82) is 0 Å². The van der Waals surface area contributed by atoms with Gasteiger partial charge in [0.25, 0.3) is 0 Å². The van der Waals surface area contributed by atoms with E-state index in [9.17, 15) is 4.79 Å². The van der Waals surface area contributed by atoms with Crippen LogP contribution in [0.4, 0.5) is 5.69 Å². The standard InChI is InChI=1S/C19H22N2O3S/c1-13-18(20-11-12-24-13)19(22)21-14-3-7-16(8-4-14)25-17-9-5-15(23-2)6-10-17/h3-10,13,18,20H,11-12H2,1-2H3,(H,21,22)/t13-,18+/m1/s1. The van der Waals surface area contributed by atoms with Crippen LogP contribution in [0.1, 0.15) is 6.92 Å². The fraction of sp³-hybridized carbons (Fsp3) is 0.316. The molecule has 1 aliphatic rings. The zero-order chi connectivity index (χ0) is 17.6. The molecule has 1 heterocycles. The van der Waals surface area contributed by atoms with Crippen molar-refractivity contribution in [3.8, 4) is 5.75 Å². The molecule has 6 heteroatoms. The van der Waals surface area contributed by atoms with Gasteiger partial charge in [0.05, 0.1) is 19.8 Å². The lowest BCUT2D eigenvalue weighted by molar-refractivity contribution is -0.123. The average molecular weight is 358 g/mol. The number of hydrogen-bond donors (Lipinski definition) is 2. The van der Waals surface area contributed by atoms with Gasteiger partial charge in [0, 0.05) is 22.0 Å². The number of carbonyl (C=O) groups excluding carboxylic acids is 1. The molecule has 2 aromatic carbocycles. The van der Waals surface area contributed by atoms with Crippen LogP contribution in [0, 0.1) is 0 Å². The summed E-state index contributed by atoms with van der Waals surface area (Å²) in [5.74, 6) is 0.777. The van der Waals surface area contributed by atoms with E-state index in [1.165, 1.54) is 0 Å². The Morgan fingerprint density at radius 2 is 1.80 bits per heavy atom. The molecule has 0 unspecified atom stereocenters. The topological polar surface area (TPSA) is 59.6 Å². The molecule has 132 valence electrons. The Balaban J connectivity index is 1.58. The highest BCUT2D eigenvalue weighted by molar-refractivity contribution is 7.99. The molecule has 2 N–H and O–H groups in total. The quantitative estimate of drug-likeness (QED) is 0.860. The molecular weight excluding hydrogens is 336 g/mol. The number of nitrogens with one attached hydrogen (secondary N) is 2. The van der Waals surface area contributed by atoms with Gasteiger partial charge in [-0.25, -0.2) is 0 Å². The normalized spacial score (nSPS) is 20.1. The highest BCUT2D eigenvalue weighted by Gasteiger charge is 2.28. The van der Waals surface area contributed by atoms with Crippen molar-refractivity contribution in [1.82, 2.24) is 5.32 Å². The summed E-state index contributed by atoms with van der Waals surface area (Å²) >= 11 is 1.66. The summed E-state index contributed by atoms with van der Waals surface area (Å²) < 4.78 is 10.7. The van der Waals surface area contributed by atoms with Crippen LogP contribution in [0.3, 0.4) is 0 Å². The summed E-state index contributed by atoms with van der Waals surface area (Å²) in [6.07, 6.45) is -0.126. The van der Waals surface area contributed by atoms with Crippen LogP contribution in [0.25, 0.3) is 0 Å². The van der Waals surface area contributed by atoms with Crippen molar-refractivity contribution in [2.24, 2.45) is 0 Å². The van der Waals surface area contributed by atoms with Gasteiger partial charge in [0.2, 0.25) is 5.91 Å². The third-order valence-electron chi connectivity index (χ3n) is 4.02. The van der Waals surface area contributed by atoms with E-state index in [-0.39, 0.29) is 18.1 Å². The Morgan fingerprint density at radius 3 is 2.40 bits per heavy atom. The third-order valence-corrected chi connectivity index (χ3v) is 5.03. The van der Waals surface area contributed by atoms with E-state index in [2.05, 4.69) is 10.6 Å². The van der Waals surface area contributed by atoms with Crippen LogP contribution >= 0.6 is 11.8 Å². The molecule has 5 nitrogen and oxygen atoms in total. The highest BCUT2D eigenvalue weighted by Crippen LogP contribution is 2.29. The van der Waals surface area contributed by atoms with Gasteiger partial charge in [0.1, 0.15) is 11.8 Å². The molecule has 2 atom stereocenters. The maximum absolute atomic E-state index is 12.3. The van der Waals surface area contributed by atoms with Crippen LogP contribution in [0.5, 0.6) is 5.75 Å². The molecule has 1 aliphatic heterocycles. The average Bonchev–Trinajstić information content (AvgIpc) is 2.64. The Hall–Kier alpha value is -2.02. The fourth-order valence-electron chi connectivity index (χ4n) is 2.63. The zero-order valence-corrected chi connectivity index (χ0v) is 15.1. The summed E-state index contributed by atoms with van der Waals surface area (Å²) in [4.78, 5) is 14.6. The number of hydrogen-bond acceptors (Lipinski definition) is 5. The van der Waals surface area contributed by atoms with Gasteiger partial charge in [-0.2, -0.15) is 0 Å². The fourth-order valence-corrected chi connectivity index (χ4v) is 3.45. The van der Waals surface area contributed by atoms with Crippen LogP contribution in [-0.2, 0) is 9.53 Å². The number of anilines is 1. The van der Waals surface area contributed by atoms with Crippen molar-refractivity contribution in [2.75, 3.05) is 25.6 Å². The first-order chi connectivity index (χ1) is 12.2. The molecular formula is C19H22N2O3S. The summed E-state index contributed by atoms with van der Waals surface area (Å²) in [5, 5.41) is 6.13. The van der Waals surface area contributed by atoms with Gasteiger partial charge in [-0.1, -0.05) is 11.8 Å². The van der Waals surface area contributed by atoms with E-state index in [0.29, 0.717) is 13.2 Å². The second-order valence-electron chi connectivity index (χ2n) is 5.80. The summed E-state index contributed by atoms with van der Waals surface area (Å²) in [7, 11) is 1.66. The highest BCUT2D eigenvalue weighted by atomic mass is 32.2. The minimum Gasteiger partial charge on any atom is -0.497 e. The summed E-state index contributed by atoms with van der Waals surface area (Å²) in [6, 6.07) is 15.4. The molecule has 3 rings (SSSR count).